The first-order chi connectivity index (χ1) is 15.7. The number of amides is 1. The van der Waals surface area contributed by atoms with E-state index in [0.717, 1.165) is 11.1 Å². The molecule has 33 heavy (non-hydrogen) atoms. The Bertz CT molecular complexity index is 1230. The molecule has 0 aromatic heterocycles. The van der Waals surface area contributed by atoms with E-state index in [-0.39, 0.29) is 18.0 Å². The van der Waals surface area contributed by atoms with Crippen molar-refractivity contribution in [1.82, 2.24) is 4.31 Å². The molecule has 0 bridgehead atoms. The minimum atomic E-state index is -3.94. The lowest BCUT2D eigenvalue weighted by Gasteiger charge is -2.23. The molecular weight excluding hydrogens is 440 g/mol. The summed E-state index contributed by atoms with van der Waals surface area (Å²) in [4.78, 5) is 13.1. The highest BCUT2D eigenvalue weighted by molar-refractivity contribution is 7.89. The summed E-state index contributed by atoms with van der Waals surface area (Å²) in [5.74, 6) is 0.506. The van der Waals surface area contributed by atoms with Crippen molar-refractivity contribution in [3.63, 3.8) is 0 Å². The Morgan fingerprint density at radius 3 is 2.33 bits per heavy atom. The van der Waals surface area contributed by atoms with Crippen molar-refractivity contribution in [2.75, 3.05) is 26.1 Å². The molecule has 0 aliphatic rings. The van der Waals surface area contributed by atoms with Crippen molar-refractivity contribution in [2.24, 2.45) is 0 Å². The Morgan fingerprint density at radius 2 is 1.67 bits per heavy atom. The number of aryl methyl sites for hydroxylation is 2. The topological polar surface area (TPSA) is 84.9 Å². The standard InChI is InChI=1S/C25H28N2O5S/c1-18-10-11-19(2)24(14-18)33(29,30)27(16-20-8-6-5-7-9-20)17-25(28)26-22-13-12-21(31-3)15-23(22)32-4/h5-15H,16-17H2,1-4H3,(H,26,28). The van der Waals surface area contributed by atoms with Gasteiger partial charge in [-0.2, -0.15) is 4.31 Å². The summed E-state index contributed by atoms with van der Waals surface area (Å²) in [5.41, 5.74) is 2.65. The number of carbonyl (C=O) groups is 1. The predicted octanol–water partition coefficient (Wildman–Crippen LogP) is 4.15. The van der Waals surface area contributed by atoms with Gasteiger partial charge in [-0.25, -0.2) is 8.42 Å². The zero-order valence-electron chi connectivity index (χ0n) is 19.2. The minimum Gasteiger partial charge on any atom is -0.497 e. The Hall–Kier alpha value is -3.36. The molecule has 0 heterocycles. The Kier molecular flexibility index (Phi) is 7.73. The normalized spacial score (nSPS) is 11.3. The van der Waals surface area contributed by atoms with E-state index in [0.29, 0.717) is 22.7 Å². The van der Waals surface area contributed by atoms with E-state index >= 15 is 0 Å². The van der Waals surface area contributed by atoms with E-state index in [2.05, 4.69) is 5.32 Å². The molecule has 174 valence electrons. The number of hydrogen-bond acceptors (Lipinski definition) is 5. The zero-order chi connectivity index (χ0) is 24.0. The van der Waals surface area contributed by atoms with Crippen LogP contribution in [0.25, 0.3) is 0 Å². The summed E-state index contributed by atoms with van der Waals surface area (Å²) in [6.45, 7) is 3.28. The number of nitrogens with zero attached hydrogens (tertiary/aromatic N) is 1. The van der Waals surface area contributed by atoms with Gasteiger partial charge < -0.3 is 14.8 Å². The van der Waals surface area contributed by atoms with Crippen LogP contribution in [0.5, 0.6) is 11.5 Å². The van der Waals surface area contributed by atoms with E-state index in [1.807, 2.05) is 43.3 Å². The van der Waals surface area contributed by atoms with Crippen molar-refractivity contribution in [3.05, 3.63) is 83.4 Å². The quantitative estimate of drug-likeness (QED) is 0.510. The van der Waals surface area contributed by atoms with Gasteiger partial charge in [0.15, 0.2) is 0 Å². The summed E-state index contributed by atoms with van der Waals surface area (Å²) >= 11 is 0. The molecule has 8 heteroatoms. The first kappa shape index (κ1) is 24.3. The van der Waals surface area contributed by atoms with Gasteiger partial charge >= 0.3 is 0 Å². The van der Waals surface area contributed by atoms with Crippen LogP contribution in [0.4, 0.5) is 5.69 Å². The van der Waals surface area contributed by atoms with Crippen molar-refractivity contribution >= 4 is 21.6 Å². The van der Waals surface area contributed by atoms with Gasteiger partial charge in [-0.05, 0) is 48.7 Å². The fourth-order valence-electron chi connectivity index (χ4n) is 3.39. The van der Waals surface area contributed by atoms with Crippen LogP contribution in [0, 0.1) is 13.8 Å². The number of benzene rings is 3. The van der Waals surface area contributed by atoms with E-state index in [1.165, 1.54) is 18.5 Å². The number of rotatable bonds is 9. The van der Waals surface area contributed by atoms with Crippen LogP contribution in [-0.4, -0.2) is 39.4 Å². The number of sulfonamides is 1. The molecule has 0 radical (unpaired) electrons. The van der Waals surface area contributed by atoms with Crippen molar-refractivity contribution in [2.45, 2.75) is 25.3 Å². The first-order valence-corrected chi connectivity index (χ1v) is 11.8. The molecule has 0 aliphatic heterocycles. The Labute approximate surface area is 195 Å². The average molecular weight is 469 g/mol. The van der Waals surface area contributed by atoms with Gasteiger partial charge in [0.2, 0.25) is 15.9 Å². The van der Waals surface area contributed by atoms with Gasteiger partial charge in [0, 0.05) is 12.6 Å². The minimum absolute atomic E-state index is 0.0592. The zero-order valence-corrected chi connectivity index (χ0v) is 20.0. The van der Waals surface area contributed by atoms with E-state index in [4.69, 9.17) is 9.47 Å². The van der Waals surface area contributed by atoms with Gasteiger partial charge in [0.25, 0.3) is 0 Å². The molecule has 3 rings (SSSR count). The van der Waals surface area contributed by atoms with Crippen molar-refractivity contribution in [3.8, 4) is 11.5 Å². The number of carbonyl (C=O) groups excluding carboxylic acids is 1. The van der Waals surface area contributed by atoms with E-state index in [9.17, 15) is 13.2 Å². The lowest BCUT2D eigenvalue weighted by molar-refractivity contribution is -0.116. The summed E-state index contributed by atoms with van der Waals surface area (Å²) in [7, 11) is -0.927. The molecular formula is C25H28N2O5S. The fourth-order valence-corrected chi connectivity index (χ4v) is 5.08. The third-order valence-corrected chi connectivity index (χ3v) is 7.10. The first-order valence-electron chi connectivity index (χ1n) is 10.4. The SMILES string of the molecule is COc1ccc(NC(=O)CN(Cc2ccccc2)S(=O)(=O)c2cc(C)ccc2C)c(OC)c1. The van der Waals surface area contributed by atoms with Crippen LogP contribution < -0.4 is 14.8 Å². The average Bonchev–Trinajstić information content (AvgIpc) is 2.81. The number of methoxy groups -OCH3 is 2. The molecule has 3 aromatic rings. The second-order valence-corrected chi connectivity index (χ2v) is 9.55. The molecule has 3 aromatic carbocycles. The maximum atomic E-state index is 13.6. The van der Waals surface area contributed by atoms with Gasteiger partial charge in [-0.15, -0.1) is 0 Å². The molecule has 1 amide bonds. The van der Waals surface area contributed by atoms with Crippen LogP contribution in [0.1, 0.15) is 16.7 Å². The molecule has 0 saturated carbocycles. The highest BCUT2D eigenvalue weighted by Gasteiger charge is 2.28. The highest BCUT2D eigenvalue weighted by Crippen LogP contribution is 2.29. The molecule has 0 aliphatic carbocycles. The maximum absolute atomic E-state index is 13.6. The predicted molar refractivity (Wildman–Crippen MR) is 128 cm³/mol. The van der Waals surface area contributed by atoms with Crippen molar-refractivity contribution in [1.29, 1.82) is 0 Å². The van der Waals surface area contributed by atoms with Gasteiger partial charge in [-0.3, -0.25) is 4.79 Å². The number of ether oxygens (including phenoxy) is 2. The van der Waals surface area contributed by atoms with Gasteiger partial charge in [-0.1, -0.05) is 42.5 Å². The van der Waals surface area contributed by atoms with Crippen LogP contribution in [0.3, 0.4) is 0 Å². The van der Waals surface area contributed by atoms with Crippen molar-refractivity contribution < 1.29 is 22.7 Å². The lowest BCUT2D eigenvalue weighted by Crippen LogP contribution is -2.38. The number of hydrogen-bond donors (Lipinski definition) is 1. The number of anilines is 1. The molecule has 1 N–H and O–H groups in total. The molecule has 7 nitrogen and oxygen atoms in total. The molecule has 0 spiro atoms. The summed E-state index contributed by atoms with van der Waals surface area (Å²) in [5, 5.41) is 2.75. The second kappa shape index (κ2) is 10.5. The second-order valence-electron chi connectivity index (χ2n) is 7.64. The third-order valence-electron chi connectivity index (χ3n) is 5.17. The highest BCUT2D eigenvalue weighted by atomic mass is 32.2. The van der Waals surface area contributed by atoms with Gasteiger partial charge in [0.1, 0.15) is 11.5 Å². The van der Waals surface area contributed by atoms with Crippen LogP contribution in [0.15, 0.2) is 71.6 Å². The lowest BCUT2D eigenvalue weighted by atomic mass is 10.2. The molecule has 0 atom stereocenters. The fraction of sp³-hybridized carbons (Fsp3) is 0.240. The monoisotopic (exact) mass is 468 g/mol. The Morgan fingerprint density at radius 1 is 0.939 bits per heavy atom. The van der Waals surface area contributed by atoms with Gasteiger partial charge in [0.05, 0.1) is 31.3 Å². The molecule has 0 unspecified atom stereocenters. The van der Waals surface area contributed by atoms with Crippen LogP contribution in [0.2, 0.25) is 0 Å². The summed E-state index contributed by atoms with van der Waals surface area (Å²) in [6, 6.07) is 19.4. The maximum Gasteiger partial charge on any atom is 0.244 e. The molecule has 0 saturated heterocycles. The number of nitrogens with one attached hydrogen (secondary N) is 1. The Balaban J connectivity index is 1.92. The third kappa shape index (κ3) is 5.91. The van der Waals surface area contributed by atoms with E-state index in [1.54, 1.807) is 37.3 Å². The summed E-state index contributed by atoms with van der Waals surface area (Å²) in [6.07, 6.45) is 0. The van der Waals surface area contributed by atoms with E-state index < -0.39 is 15.9 Å². The molecule has 0 fully saturated rings. The smallest absolute Gasteiger partial charge is 0.244 e. The van der Waals surface area contributed by atoms with Crippen LogP contribution >= 0.6 is 0 Å². The summed E-state index contributed by atoms with van der Waals surface area (Å²) < 4.78 is 38.9. The largest absolute Gasteiger partial charge is 0.497 e. The van der Waals surface area contributed by atoms with Crippen LogP contribution in [-0.2, 0) is 21.4 Å².